The molecule has 3 rings (SSSR count). The minimum absolute atomic E-state index is 0.00295. The SMILES string of the molecule is CNC(=O)C1CC(Oc2cccnc2)CN1C(=O)CCCc1ccccc1. The van der Waals surface area contributed by atoms with Gasteiger partial charge in [0.2, 0.25) is 11.8 Å². The molecule has 1 N–H and O–H groups in total. The van der Waals surface area contributed by atoms with Gasteiger partial charge >= 0.3 is 0 Å². The van der Waals surface area contributed by atoms with E-state index in [1.54, 1.807) is 30.4 Å². The summed E-state index contributed by atoms with van der Waals surface area (Å²) in [4.78, 5) is 30.7. The Morgan fingerprint density at radius 3 is 2.74 bits per heavy atom. The highest BCUT2D eigenvalue weighted by Crippen LogP contribution is 2.24. The first kappa shape index (κ1) is 18.9. The zero-order valence-corrected chi connectivity index (χ0v) is 15.5. The summed E-state index contributed by atoms with van der Waals surface area (Å²) >= 11 is 0. The van der Waals surface area contributed by atoms with Crippen LogP contribution in [0, 0.1) is 0 Å². The van der Waals surface area contributed by atoms with Gasteiger partial charge in [-0.15, -0.1) is 0 Å². The van der Waals surface area contributed by atoms with Gasteiger partial charge in [0.1, 0.15) is 17.9 Å². The fourth-order valence-corrected chi connectivity index (χ4v) is 3.41. The number of nitrogens with one attached hydrogen (secondary N) is 1. The Morgan fingerprint density at radius 2 is 2.04 bits per heavy atom. The Bertz CT molecular complexity index is 752. The number of ether oxygens (including phenoxy) is 1. The van der Waals surface area contributed by atoms with Gasteiger partial charge in [-0.1, -0.05) is 30.3 Å². The number of aromatic nitrogens is 1. The molecule has 1 aliphatic heterocycles. The van der Waals surface area contributed by atoms with E-state index < -0.39 is 6.04 Å². The summed E-state index contributed by atoms with van der Waals surface area (Å²) in [5.41, 5.74) is 1.22. The van der Waals surface area contributed by atoms with Crippen LogP contribution < -0.4 is 10.1 Å². The van der Waals surface area contributed by atoms with Gasteiger partial charge in [0.05, 0.1) is 12.7 Å². The summed E-state index contributed by atoms with van der Waals surface area (Å²) < 4.78 is 5.92. The molecule has 0 spiro atoms. The number of carbonyl (C=O) groups excluding carboxylic acids is 2. The van der Waals surface area contributed by atoms with E-state index in [1.807, 2.05) is 24.3 Å². The number of hydrogen-bond acceptors (Lipinski definition) is 4. The van der Waals surface area contributed by atoms with Crippen molar-refractivity contribution in [1.82, 2.24) is 15.2 Å². The van der Waals surface area contributed by atoms with Crippen LogP contribution in [-0.2, 0) is 16.0 Å². The maximum atomic E-state index is 12.7. The number of benzene rings is 1. The van der Waals surface area contributed by atoms with Gasteiger partial charge in [-0.2, -0.15) is 0 Å². The molecule has 6 nitrogen and oxygen atoms in total. The number of rotatable bonds is 7. The Hall–Kier alpha value is -2.89. The molecule has 1 aromatic carbocycles. The monoisotopic (exact) mass is 367 g/mol. The zero-order valence-electron chi connectivity index (χ0n) is 15.5. The second kappa shape index (κ2) is 9.16. The number of likely N-dealkylation sites (tertiary alicyclic amines) is 1. The maximum absolute atomic E-state index is 12.7. The molecular formula is C21H25N3O3. The van der Waals surface area contributed by atoms with Crippen molar-refractivity contribution in [3.8, 4) is 5.75 Å². The predicted molar refractivity (Wildman–Crippen MR) is 102 cm³/mol. The molecule has 0 saturated carbocycles. The van der Waals surface area contributed by atoms with Gasteiger partial charge in [-0.05, 0) is 30.5 Å². The van der Waals surface area contributed by atoms with E-state index in [-0.39, 0.29) is 17.9 Å². The lowest BCUT2D eigenvalue weighted by Crippen LogP contribution is -2.44. The second-order valence-electron chi connectivity index (χ2n) is 6.68. The van der Waals surface area contributed by atoms with Crippen LogP contribution in [0.25, 0.3) is 0 Å². The highest BCUT2D eigenvalue weighted by molar-refractivity contribution is 5.88. The number of aryl methyl sites for hydroxylation is 1. The third-order valence-electron chi connectivity index (χ3n) is 4.77. The van der Waals surface area contributed by atoms with Crippen molar-refractivity contribution in [1.29, 1.82) is 0 Å². The number of hydrogen-bond donors (Lipinski definition) is 1. The first-order valence-electron chi connectivity index (χ1n) is 9.29. The van der Waals surface area contributed by atoms with Crippen molar-refractivity contribution < 1.29 is 14.3 Å². The topological polar surface area (TPSA) is 71.5 Å². The van der Waals surface area contributed by atoms with Crippen molar-refractivity contribution in [3.05, 3.63) is 60.4 Å². The van der Waals surface area contributed by atoms with E-state index in [4.69, 9.17) is 4.74 Å². The van der Waals surface area contributed by atoms with Crippen LogP contribution in [0.3, 0.4) is 0 Å². The van der Waals surface area contributed by atoms with Crippen LogP contribution in [0.2, 0.25) is 0 Å². The number of pyridine rings is 1. The molecule has 27 heavy (non-hydrogen) atoms. The number of amides is 2. The van der Waals surface area contributed by atoms with E-state index in [0.29, 0.717) is 25.1 Å². The van der Waals surface area contributed by atoms with Gasteiger partial charge in [0.15, 0.2) is 0 Å². The number of nitrogens with zero attached hydrogens (tertiary/aromatic N) is 2. The summed E-state index contributed by atoms with van der Waals surface area (Å²) in [6, 6.07) is 13.2. The molecular weight excluding hydrogens is 342 g/mol. The van der Waals surface area contributed by atoms with Crippen LogP contribution in [0.1, 0.15) is 24.8 Å². The Morgan fingerprint density at radius 1 is 1.22 bits per heavy atom. The van der Waals surface area contributed by atoms with Crippen molar-refractivity contribution >= 4 is 11.8 Å². The summed E-state index contributed by atoms with van der Waals surface area (Å²) in [5.74, 6) is 0.497. The molecule has 2 atom stereocenters. The maximum Gasteiger partial charge on any atom is 0.242 e. The van der Waals surface area contributed by atoms with Gasteiger partial charge in [0.25, 0.3) is 0 Å². The van der Waals surface area contributed by atoms with Crippen molar-refractivity contribution in [3.63, 3.8) is 0 Å². The van der Waals surface area contributed by atoms with Crippen LogP contribution >= 0.6 is 0 Å². The zero-order chi connectivity index (χ0) is 19.1. The van der Waals surface area contributed by atoms with Crippen molar-refractivity contribution in [2.75, 3.05) is 13.6 Å². The van der Waals surface area contributed by atoms with E-state index in [0.717, 1.165) is 12.8 Å². The number of carbonyl (C=O) groups is 2. The first-order valence-corrected chi connectivity index (χ1v) is 9.29. The summed E-state index contributed by atoms with van der Waals surface area (Å²) in [7, 11) is 1.59. The summed E-state index contributed by atoms with van der Waals surface area (Å²) in [5, 5.41) is 2.66. The van der Waals surface area contributed by atoms with E-state index in [2.05, 4.69) is 22.4 Å². The molecule has 142 valence electrons. The fraction of sp³-hybridized carbons (Fsp3) is 0.381. The van der Waals surface area contributed by atoms with Gasteiger partial charge in [0, 0.05) is 26.1 Å². The minimum atomic E-state index is -0.485. The predicted octanol–water partition coefficient (Wildman–Crippen LogP) is 2.20. The standard InChI is InChI=1S/C21H25N3O3/c1-22-21(26)19-13-18(27-17-10-6-12-23-14-17)15-24(19)20(25)11-5-9-16-7-3-2-4-8-16/h2-4,6-8,10,12,14,18-19H,5,9,11,13,15H2,1H3,(H,22,26). The van der Waals surface area contributed by atoms with E-state index in [1.165, 1.54) is 5.56 Å². The number of likely N-dealkylation sites (N-methyl/N-ethyl adjacent to an activating group) is 1. The van der Waals surface area contributed by atoms with Crippen molar-refractivity contribution in [2.45, 2.75) is 37.8 Å². The Labute approximate surface area is 159 Å². The molecule has 0 radical (unpaired) electrons. The molecule has 0 bridgehead atoms. The van der Waals surface area contributed by atoms with Gasteiger partial charge in [-0.25, -0.2) is 0 Å². The van der Waals surface area contributed by atoms with Crippen LogP contribution in [0.15, 0.2) is 54.9 Å². The lowest BCUT2D eigenvalue weighted by Gasteiger charge is -2.23. The molecule has 1 aromatic heterocycles. The van der Waals surface area contributed by atoms with Crippen molar-refractivity contribution in [2.24, 2.45) is 0 Å². The smallest absolute Gasteiger partial charge is 0.242 e. The Kier molecular flexibility index (Phi) is 6.41. The normalized spacial score (nSPS) is 18.9. The third kappa shape index (κ3) is 5.06. The average Bonchev–Trinajstić information content (AvgIpc) is 3.13. The van der Waals surface area contributed by atoms with E-state index in [9.17, 15) is 9.59 Å². The lowest BCUT2D eigenvalue weighted by atomic mass is 10.1. The highest BCUT2D eigenvalue weighted by atomic mass is 16.5. The first-order chi connectivity index (χ1) is 13.2. The molecule has 1 aliphatic rings. The molecule has 6 heteroatoms. The van der Waals surface area contributed by atoms with Crippen LogP contribution in [0.4, 0.5) is 0 Å². The largest absolute Gasteiger partial charge is 0.487 e. The Balaban J connectivity index is 1.58. The molecule has 1 saturated heterocycles. The highest BCUT2D eigenvalue weighted by Gasteiger charge is 2.40. The molecule has 2 amide bonds. The quantitative estimate of drug-likeness (QED) is 0.814. The fourth-order valence-electron chi connectivity index (χ4n) is 3.41. The van der Waals surface area contributed by atoms with Gasteiger partial charge < -0.3 is 15.0 Å². The van der Waals surface area contributed by atoms with Crippen LogP contribution in [-0.4, -0.2) is 47.4 Å². The average molecular weight is 367 g/mol. The van der Waals surface area contributed by atoms with Gasteiger partial charge in [-0.3, -0.25) is 14.6 Å². The van der Waals surface area contributed by atoms with E-state index >= 15 is 0 Å². The molecule has 0 aliphatic carbocycles. The lowest BCUT2D eigenvalue weighted by molar-refractivity contribution is -0.138. The third-order valence-corrected chi connectivity index (χ3v) is 4.77. The van der Waals surface area contributed by atoms with Crippen LogP contribution in [0.5, 0.6) is 5.75 Å². The summed E-state index contributed by atoms with van der Waals surface area (Å²) in [6.07, 6.45) is 5.61. The summed E-state index contributed by atoms with van der Waals surface area (Å²) in [6.45, 7) is 0.414. The molecule has 2 unspecified atom stereocenters. The minimum Gasteiger partial charge on any atom is -0.487 e. The molecule has 1 fully saturated rings. The molecule has 2 heterocycles. The molecule has 2 aromatic rings. The second-order valence-corrected chi connectivity index (χ2v) is 6.68.